The van der Waals surface area contributed by atoms with Gasteiger partial charge in [0.25, 0.3) is 5.91 Å². The monoisotopic (exact) mass is 516 g/mol. The molecular formula is C29H32F4N2O2. The maximum absolute atomic E-state index is 13.5. The van der Waals surface area contributed by atoms with Crippen molar-refractivity contribution < 1.29 is 26.8 Å². The molecule has 198 valence electrons. The van der Waals surface area contributed by atoms with E-state index in [0.717, 1.165) is 23.2 Å². The molecule has 2 aromatic carbocycles. The summed E-state index contributed by atoms with van der Waals surface area (Å²) < 4.78 is 59.8. The van der Waals surface area contributed by atoms with E-state index in [2.05, 4.69) is 4.90 Å². The van der Waals surface area contributed by atoms with Crippen LogP contribution in [0, 0.1) is 25.6 Å². The maximum atomic E-state index is 13.5. The van der Waals surface area contributed by atoms with Gasteiger partial charge >= 0.3 is 6.18 Å². The number of carbonyl (C=O) groups is 1. The number of furan rings is 1. The van der Waals surface area contributed by atoms with E-state index in [0.29, 0.717) is 37.3 Å². The highest BCUT2D eigenvalue weighted by Crippen LogP contribution is 2.38. The van der Waals surface area contributed by atoms with Crippen LogP contribution < -0.4 is 0 Å². The van der Waals surface area contributed by atoms with E-state index in [9.17, 15) is 22.4 Å². The van der Waals surface area contributed by atoms with Crippen LogP contribution in [0.5, 0.6) is 0 Å². The number of carbonyl (C=O) groups excluding carboxylic acids is 1. The summed E-state index contributed by atoms with van der Waals surface area (Å²) in [4.78, 5) is 17.3. The first-order valence-corrected chi connectivity index (χ1v) is 12.4. The Morgan fingerprint density at radius 1 is 1.08 bits per heavy atom. The molecule has 0 spiro atoms. The molecule has 0 saturated carbocycles. The van der Waals surface area contributed by atoms with Crippen LogP contribution in [0.25, 0.3) is 0 Å². The van der Waals surface area contributed by atoms with Crippen molar-refractivity contribution in [1.29, 1.82) is 0 Å². The van der Waals surface area contributed by atoms with Crippen molar-refractivity contribution in [2.24, 2.45) is 5.92 Å². The summed E-state index contributed by atoms with van der Waals surface area (Å²) in [6.45, 7) is 9.72. The molecule has 1 saturated heterocycles. The molecule has 2 heterocycles. The molecule has 37 heavy (non-hydrogen) atoms. The maximum Gasteiger partial charge on any atom is 0.416 e. The summed E-state index contributed by atoms with van der Waals surface area (Å²) in [5.74, 6) is 0.687. The van der Waals surface area contributed by atoms with Crippen molar-refractivity contribution in [2.45, 2.75) is 52.4 Å². The van der Waals surface area contributed by atoms with E-state index in [1.165, 1.54) is 36.4 Å². The van der Waals surface area contributed by atoms with E-state index in [1.54, 1.807) is 11.0 Å². The zero-order chi connectivity index (χ0) is 26.9. The second-order valence-electron chi connectivity index (χ2n) is 10.2. The fraction of sp³-hybridized carbons (Fsp3) is 0.414. The fourth-order valence-corrected chi connectivity index (χ4v) is 5.09. The minimum Gasteiger partial charge on any atom is -0.465 e. The average molecular weight is 517 g/mol. The van der Waals surface area contributed by atoms with Gasteiger partial charge in [-0.1, -0.05) is 18.2 Å². The Kier molecular flexibility index (Phi) is 7.78. The van der Waals surface area contributed by atoms with Gasteiger partial charge in [0, 0.05) is 37.2 Å². The lowest BCUT2D eigenvalue weighted by Gasteiger charge is -2.32. The van der Waals surface area contributed by atoms with Gasteiger partial charge in [0.1, 0.15) is 17.3 Å². The predicted molar refractivity (Wildman–Crippen MR) is 134 cm³/mol. The Morgan fingerprint density at radius 3 is 2.38 bits per heavy atom. The number of hydrogen-bond donors (Lipinski definition) is 0. The van der Waals surface area contributed by atoms with E-state index in [4.69, 9.17) is 4.42 Å². The Hall–Kier alpha value is -3.13. The molecule has 1 aliphatic rings. The number of aryl methyl sites for hydroxylation is 2. The summed E-state index contributed by atoms with van der Waals surface area (Å²) in [5.41, 5.74) is 1.35. The Bertz CT molecular complexity index is 1210. The molecule has 4 rings (SSSR count). The molecule has 0 unspecified atom stereocenters. The van der Waals surface area contributed by atoms with Crippen molar-refractivity contribution in [3.05, 3.63) is 94.2 Å². The molecule has 0 aliphatic carbocycles. The molecule has 8 heteroatoms. The second-order valence-corrected chi connectivity index (χ2v) is 10.2. The highest BCUT2D eigenvalue weighted by atomic mass is 19.4. The Morgan fingerprint density at radius 2 is 1.78 bits per heavy atom. The van der Waals surface area contributed by atoms with E-state index < -0.39 is 17.6 Å². The average Bonchev–Trinajstić information content (AvgIpc) is 3.38. The first-order chi connectivity index (χ1) is 17.4. The molecule has 2 atom stereocenters. The highest BCUT2D eigenvalue weighted by Gasteiger charge is 2.38. The largest absolute Gasteiger partial charge is 0.465 e. The van der Waals surface area contributed by atoms with Crippen LogP contribution >= 0.6 is 0 Å². The summed E-state index contributed by atoms with van der Waals surface area (Å²) in [7, 11) is 0. The Balaban J connectivity index is 1.63. The molecule has 1 amide bonds. The molecule has 0 N–H and O–H groups in total. The zero-order valence-electron chi connectivity index (χ0n) is 21.5. The van der Waals surface area contributed by atoms with Crippen LogP contribution in [0.3, 0.4) is 0 Å². The quantitative estimate of drug-likeness (QED) is 0.323. The number of halogens is 4. The van der Waals surface area contributed by atoms with Crippen LogP contribution in [0.2, 0.25) is 0 Å². The van der Waals surface area contributed by atoms with E-state index >= 15 is 0 Å². The highest BCUT2D eigenvalue weighted by molar-refractivity contribution is 5.94. The smallest absolute Gasteiger partial charge is 0.416 e. The molecular weight excluding hydrogens is 484 g/mol. The standard InChI is InChI=1S/C29H32F4N2O2/c1-18(2)35(28(36)21-8-10-25(30)11-9-21)15-23-14-34(16-26-12-19(3)20(4)37-26)17-27(23)22-6-5-7-24(13-22)29(31,32)33/h5-13,18,23,27H,14-17H2,1-4H3/t23-,27-/m1/s1. The zero-order valence-corrected chi connectivity index (χ0v) is 21.5. The first-order valence-electron chi connectivity index (χ1n) is 12.4. The number of benzene rings is 2. The minimum atomic E-state index is -4.43. The lowest BCUT2D eigenvalue weighted by molar-refractivity contribution is -0.137. The van der Waals surface area contributed by atoms with Gasteiger partial charge in [0.2, 0.25) is 0 Å². The number of alkyl halides is 3. The van der Waals surface area contributed by atoms with Crippen molar-refractivity contribution in [3.63, 3.8) is 0 Å². The first kappa shape index (κ1) is 26.9. The molecule has 4 nitrogen and oxygen atoms in total. The van der Waals surface area contributed by atoms with Crippen LogP contribution in [-0.4, -0.2) is 41.4 Å². The number of rotatable bonds is 7. The SMILES string of the molecule is Cc1cc(CN2C[C@H](CN(C(=O)c3ccc(F)cc3)C(C)C)[C@@H](c3cccc(C(F)(F)F)c3)C2)oc1C. The lowest BCUT2D eigenvalue weighted by atomic mass is 9.87. The fourth-order valence-electron chi connectivity index (χ4n) is 5.09. The van der Waals surface area contributed by atoms with Crippen molar-refractivity contribution in [2.75, 3.05) is 19.6 Å². The summed E-state index contributed by atoms with van der Waals surface area (Å²) in [6.07, 6.45) is -4.43. The molecule has 1 aliphatic heterocycles. The van der Waals surface area contributed by atoms with Crippen LogP contribution in [0.1, 0.15) is 58.3 Å². The molecule has 3 aromatic rings. The van der Waals surface area contributed by atoms with Crippen molar-refractivity contribution in [3.8, 4) is 0 Å². The van der Waals surface area contributed by atoms with Gasteiger partial charge in [0.15, 0.2) is 0 Å². The minimum absolute atomic E-state index is 0.104. The van der Waals surface area contributed by atoms with E-state index in [1.807, 2.05) is 33.8 Å². The van der Waals surface area contributed by atoms with Gasteiger partial charge < -0.3 is 9.32 Å². The van der Waals surface area contributed by atoms with Gasteiger partial charge in [0.05, 0.1) is 12.1 Å². The number of hydrogen-bond acceptors (Lipinski definition) is 3. The van der Waals surface area contributed by atoms with Gasteiger partial charge in [-0.05, 0) is 81.1 Å². The molecule has 1 aromatic heterocycles. The van der Waals surface area contributed by atoms with Gasteiger partial charge in [-0.3, -0.25) is 9.69 Å². The van der Waals surface area contributed by atoms with Gasteiger partial charge in [-0.25, -0.2) is 4.39 Å². The van der Waals surface area contributed by atoms with Crippen LogP contribution in [-0.2, 0) is 12.7 Å². The summed E-state index contributed by atoms with van der Waals surface area (Å²) in [5, 5.41) is 0. The molecule has 0 bridgehead atoms. The third kappa shape index (κ3) is 6.24. The van der Waals surface area contributed by atoms with Crippen molar-refractivity contribution >= 4 is 5.91 Å². The van der Waals surface area contributed by atoms with E-state index in [-0.39, 0.29) is 23.8 Å². The normalized spacial score (nSPS) is 18.5. The Labute approximate surface area is 214 Å². The third-order valence-corrected chi connectivity index (χ3v) is 7.16. The second kappa shape index (κ2) is 10.7. The summed E-state index contributed by atoms with van der Waals surface area (Å²) >= 11 is 0. The third-order valence-electron chi connectivity index (χ3n) is 7.16. The van der Waals surface area contributed by atoms with Crippen LogP contribution in [0.4, 0.5) is 17.6 Å². The number of likely N-dealkylation sites (tertiary alicyclic amines) is 1. The molecule has 1 fully saturated rings. The van der Waals surface area contributed by atoms with Crippen molar-refractivity contribution in [1.82, 2.24) is 9.80 Å². The lowest BCUT2D eigenvalue weighted by Crippen LogP contribution is -2.42. The predicted octanol–water partition coefficient (Wildman–Crippen LogP) is 6.82. The number of amides is 1. The summed E-state index contributed by atoms with van der Waals surface area (Å²) in [6, 6.07) is 12.7. The van der Waals surface area contributed by atoms with Gasteiger partial charge in [-0.2, -0.15) is 13.2 Å². The van der Waals surface area contributed by atoms with Crippen LogP contribution in [0.15, 0.2) is 59.0 Å². The molecule has 0 radical (unpaired) electrons. The topological polar surface area (TPSA) is 36.7 Å². The number of nitrogens with zero attached hydrogens (tertiary/aromatic N) is 2. The van der Waals surface area contributed by atoms with Gasteiger partial charge in [-0.15, -0.1) is 0 Å².